The lowest BCUT2D eigenvalue weighted by molar-refractivity contribution is -0.159. The van der Waals surface area contributed by atoms with Crippen LogP contribution in [0.4, 0.5) is 0 Å². The Morgan fingerprint density at radius 3 is 1.84 bits per heavy atom. The van der Waals surface area contributed by atoms with Crippen molar-refractivity contribution in [2.45, 2.75) is 52.9 Å². The zero-order valence-corrected chi connectivity index (χ0v) is 20.6. The number of halogens is 1. The van der Waals surface area contributed by atoms with E-state index in [1.807, 2.05) is 31.2 Å². The highest BCUT2D eigenvalue weighted by atomic mass is 127. The smallest absolute Gasteiger partial charge is 0.344 e. The minimum absolute atomic E-state index is 0.0610. The van der Waals surface area contributed by atoms with Gasteiger partial charge in [0.05, 0.1) is 0 Å². The van der Waals surface area contributed by atoms with E-state index in [1.54, 1.807) is 0 Å². The topological polar surface area (TPSA) is 35.5 Å². The summed E-state index contributed by atoms with van der Waals surface area (Å²) in [6.07, 6.45) is 4.12. The molecule has 3 nitrogen and oxygen atoms in total. The Morgan fingerprint density at radius 2 is 1.32 bits per heavy atom. The number of hydrogen-bond acceptors (Lipinski definition) is 3. The van der Waals surface area contributed by atoms with Gasteiger partial charge in [-0.2, -0.15) is 0 Å². The van der Waals surface area contributed by atoms with Gasteiger partial charge in [-0.05, 0) is 102 Å². The number of hydrogen-bond donors (Lipinski definition) is 0. The van der Waals surface area contributed by atoms with E-state index >= 15 is 0 Å². The molecule has 0 atom stereocenters. The third-order valence-electron chi connectivity index (χ3n) is 5.66. The first-order valence-corrected chi connectivity index (χ1v) is 14.8. The van der Waals surface area contributed by atoms with Gasteiger partial charge in [0.1, 0.15) is 11.4 Å². The monoisotopic (exact) mass is 546 g/mol. The summed E-state index contributed by atoms with van der Waals surface area (Å²) in [7, 11) is -1.42. The standard InChI is InChI=1S/C26H27IO3S/c1-26(18-8-9-19-26)30-25(28)20-29-21-14-16-24(17-15-21)31(27,22-10-4-2-5-11-22)23-12-6-3-7-13-23/h2-7,10-17H,8-9,18-20H2,1H3. The lowest BCUT2D eigenvalue weighted by Crippen LogP contribution is -2.30. The summed E-state index contributed by atoms with van der Waals surface area (Å²) in [5.41, 5.74) is -0.320. The number of carbonyl (C=O) groups excluding carboxylic acids is 1. The lowest BCUT2D eigenvalue weighted by Gasteiger charge is -2.35. The highest BCUT2D eigenvalue weighted by Gasteiger charge is 2.32. The fourth-order valence-corrected chi connectivity index (χ4v) is 9.05. The predicted molar refractivity (Wildman–Crippen MR) is 134 cm³/mol. The molecule has 4 rings (SSSR count). The molecule has 1 aliphatic carbocycles. The first-order valence-electron chi connectivity index (χ1n) is 10.6. The molecule has 3 aromatic rings. The van der Waals surface area contributed by atoms with Gasteiger partial charge >= 0.3 is 5.97 Å². The average Bonchev–Trinajstić information content (AvgIpc) is 3.24. The van der Waals surface area contributed by atoms with E-state index in [2.05, 4.69) is 81.9 Å². The van der Waals surface area contributed by atoms with Crippen molar-refractivity contribution in [3.05, 3.63) is 84.9 Å². The quantitative estimate of drug-likeness (QED) is 0.227. The molecule has 0 heterocycles. The molecule has 1 aliphatic rings. The Balaban J connectivity index is 1.51. The first kappa shape index (κ1) is 22.2. The van der Waals surface area contributed by atoms with Crippen molar-refractivity contribution >= 4 is 34.4 Å². The largest absolute Gasteiger partial charge is 0.482 e. The van der Waals surface area contributed by atoms with Crippen LogP contribution >= 0.6 is 28.4 Å². The Bertz CT molecular complexity index is 960. The maximum Gasteiger partial charge on any atom is 0.344 e. The van der Waals surface area contributed by atoms with Crippen molar-refractivity contribution in [1.29, 1.82) is 0 Å². The average molecular weight is 546 g/mol. The minimum Gasteiger partial charge on any atom is -0.482 e. The molecule has 3 aromatic carbocycles. The van der Waals surface area contributed by atoms with Crippen molar-refractivity contribution < 1.29 is 14.3 Å². The molecule has 5 heteroatoms. The second-order valence-electron chi connectivity index (χ2n) is 8.05. The van der Waals surface area contributed by atoms with Crippen molar-refractivity contribution in [2.24, 2.45) is 0 Å². The maximum atomic E-state index is 12.2. The Morgan fingerprint density at radius 1 is 0.839 bits per heavy atom. The van der Waals surface area contributed by atoms with Gasteiger partial charge in [0.15, 0.2) is 6.61 Å². The van der Waals surface area contributed by atoms with Crippen LogP contribution in [0, 0.1) is 0 Å². The number of benzene rings is 3. The molecule has 0 saturated heterocycles. The van der Waals surface area contributed by atoms with Gasteiger partial charge in [-0.25, -0.2) is 4.79 Å². The highest BCUT2D eigenvalue weighted by molar-refractivity contribution is 14.2. The Labute approximate surface area is 198 Å². The summed E-state index contributed by atoms with van der Waals surface area (Å²) in [5.74, 6) is 0.382. The molecular weight excluding hydrogens is 519 g/mol. The minimum atomic E-state index is -1.42. The third kappa shape index (κ3) is 5.09. The number of carbonyl (C=O) groups is 1. The fourth-order valence-electron chi connectivity index (χ4n) is 4.02. The van der Waals surface area contributed by atoms with Crippen molar-refractivity contribution in [1.82, 2.24) is 0 Å². The van der Waals surface area contributed by atoms with Crippen molar-refractivity contribution in [2.75, 3.05) is 6.61 Å². The van der Waals surface area contributed by atoms with Crippen LogP contribution in [0.1, 0.15) is 32.6 Å². The second kappa shape index (κ2) is 9.65. The maximum absolute atomic E-state index is 12.2. The van der Waals surface area contributed by atoms with E-state index in [0.29, 0.717) is 5.75 Å². The molecule has 0 aromatic heterocycles. The normalized spacial score (nSPS) is 15.9. The van der Waals surface area contributed by atoms with Crippen LogP contribution in [0.15, 0.2) is 99.6 Å². The number of rotatable bonds is 7. The molecule has 0 aliphatic heterocycles. The summed E-state index contributed by atoms with van der Waals surface area (Å²) in [4.78, 5) is 16.1. The van der Waals surface area contributed by atoms with E-state index in [-0.39, 0.29) is 18.2 Å². The molecule has 31 heavy (non-hydrogen) atoms. The molecule has 162 valence electrons. The first-order chi connectivity index (χ1) is 15.0. The molecule has 0 bridgehead atoms. The van der Waals surface area contributed by atoms with Crippen LogP contribution in [0.25, 0.3) is 0 Å². The third-order valence-corrected chi connectivity index (χ3v) is 13.0. The summed E-state index contributed by atoms with van der Waals surface area (Å²) in [6.45, 7) is 1.96. The van der Waals surface area contributed by atoms with Crippen molar-refractivity contribution in [3.63, 3.8) is 0 Å². The molecule has 0 amide bonds. The van der Waals surface area contributed by atoms with Gasteiger partial charge < -0.3 is 9.47 Å². The van der Waals surface area contributed by atoms with Crippen LogP contribution in [0.5, 0.6) is 5.75 Å². The molecule has 0 radical (unpaired) electrons. The van der Waals surface area contributed by atoms with Gasteiger partial charge in [-0.3, -0.25) is 0 Å². The summed E-state index contributed by atoms with van der Waals surface area (Å²) >= 11 is 2.61. The fraction of sp³-hybridized carbons (Fsp3) is 0.269. The zero-order valence-electron chi connectivity index (χ0n) is 17.6. The highest BCUT2D eigenvalue weighted by Crippen LogP contribution is 2.74. The zero-order chi connectivity index (χ0) is 21.7. The predicted octanol–water partition coefficient (Wildman–Crippen LogP) is 7.57. The van der Waals surface area contributed by atoms with E-state index < -0.39 is 7.20 Å². The summed E-state index contributed by atoms with van der Waals surface area (Å²) < 4.78 is 11.4. The van der Waals surface area contributed by atoms with E-state index in [4.69, 9.17) is 9.47 Å². The SMILES string of the molecule is CC1(OC(=O)COc2ccc(S(I)(c3ccccc3)c3ccccc3)cc2)CCCC1. The van der Waals surface area contributed by atoms with E-state index in [0.717, 1.165) is 25.7 Å². The van der Waals surface area contributed by atoms with Crippen LogP contribution in [-0.4, -0.2) is 18.2 Å². The van der Waals surface area contributed by atoms with Crippen LogP contribution in [0.2, 0.25) is 0 Å². The summed E-state index contributed by atoms with van der Waals surface area (Å²) in [6, 6.07) is 29.4. The number of esters is 1. The van der Waals surface area contributed by atoms with Gasteiger partial charge in [0.25, 0.3) is 0 Å². The van der Waals surface area contributed by atoms with Crippen molar-refractivity contribution in [3.8, 4) is 5.75 Å². The van der Waals surface area contributed by atoms with Crippen LogP contribution in [-0.2, 0) is 9.53 Å². The summed E-state index contributed by atoms with van der Waals surface area (Å²) in [5, 5.41) is 0. The van der Waals surface area contributed by atoms with Gasteiger partial charge in [0, 0.05) is 14.7 Å². The van der Waals surface area contributed by atoms with Crippen LogP contribution in [0.3, 0.4) is 0 Å². The molecule has 0 N–H and O–H groups in total. The molecule has 1 saturated carbocycles. The Hall–Kier alpha value is -1.99. The Kier molecular flexibility index (Phi) is 6.92. The molecular formula is C26H27IO3S. The molecule has 0 spiro atoms. The molecule has 1 fully saturated rings. The number of ether oxygens (including phenoxy) is 2. The van der Waals surface area contributed by atoms with Gasteiger partial charge in [0.2, 0.25) is 0 Å². The van der Waals surface area contributed by atoms with E-state index in [1.165, 1.54) is 14.7 Å². The van der Waals surface area contributed by atoms with Gasteiger partial charge in [-0.15, -0.1) is 7.20 Å². The van der Waals surface area contributed by atoms with Gasteiger partial charge in [-0.1, -0.05) is 36.4 Å². The molecule has 0 unspecified atom stereocenters. The van der Waals surface area contributed by atoms with Crippen LogP contribution < -0.4 is 4.74 Å². The lowest BCUT2D eigenvalue weighted by atomic mass is 10.1. The second-order valence-corrected chi connectivity index (χ2v) is 14.5. The van der Waals surface area contributed by atoms with E-state index in [9.17, 15) is 4.79 Å².